The summed E-state index contributed by atoms with van der Waals surface area (Å²) in [5.41, 5.74) is 0. The summed E-state index contributed by atoms with van der Waals surface area (Å²) in [5.74, 6) is -0.840. The molecule has 0 saturated carbocycles. The molecule has 0 spiro atoms. The van der Waals surface area contributed by atoms with Crippen molar-refractivity contribution < 1.29 is 58.9 Å². The zero-order valence-electron chi connectivity index (χ0n) is 20.2. The van der Waals surface area contributed by atoms with Gasteiger partial charge in [-0.15, -0.1) is 0 Å². The second kappa shape index (κ2) is 19.1. The summed E-state index contributed by atoms with van der Waals surface area (Å²) in [6.07, 6.45) is 0.461. The minimum atomic E-state index is -1.17. The van der Waals surface area contributed by atoms with Crippen molar-refractivity contribution in [3.8, 4) is 0 Å². The van der Waals surface area contributed by atoms with Crippen molar-refractivity contribution in [3.63, 3.8) is 0 Å². The Labute approximate surface area is 209 Å². The minimum Gasteiger partial charge on any atom is -0.394 e. The third kappa shape index (κ3) is 12.8. The van der Waals surface area contributed by atoms with E-state index in [0.717, 1.165) is 4.90 Å². The smallest absolute Gasteiger partial charge is 0.253 e. The minimum absolute atomic E-state index is 0.0270. The highest BCUT2D eigenvalue weighted by Gasteiger charge is 2.22. The first kappa shape index (κ1) is 32.0. The summed E-state index contributed by atoms with van der Waals surface area (Å²) < 4.78 is 21.2. The highest BCUT2D eigenvalue weighted by atomic mass is 16.7. The van der Waals surface area contributed by atoms with Crippen molar-refractivity contribution in [3.05, 3.63) is 12.2 Å². The molecule has 0 aliphatic carbocycles. The third-order valence-electron chi connectivity index (χ3n) is 4.98. The Balaban J connectivity index is 2.18. The number of ether oxygens (including phenoxy) is 4. The van der Waals surface area contributed by atoms with Crippen LogP contribution in [0.4, 0.5) is 0 Å². The Morgan fingerprint density at radius 2 is 1.39 bits per heavy atom. The van der Waals surface area contributed by atoms with E-state index in [-0.39, 0.29) is 43.9 Å². The number of aliphatic hydroxyl groups is 5. The molecule has 14 heteroatoms. The number of carbonyl (C=O) groups is 3. The first-order chi connectivity index (χ1) is 17.4. The maximum absolute atomic E-state index is 11.9. The standard InChI is InChI=1S/C22H38N2O12/c25-10-16(11-26)35-22(14-29)34-15-17(12-27)36-21(13-28)33-9-7-23-18(30)4-2-1-3-8-24-19(31)5-6-20(24)32/h5-6,16-17,21-22,25-29H,1-4,7-15H2,(H,23,30). The first-order valence-electron chi connectivity index (χ1n) is 11.8. The van der Waals surface area contributed by atoms with E-state index in [2.05, 4.69) is 5.32 Å². The number of unbranched alkanes of at least 4 members (excludes halogenated alkanes) is 2. The lowest BCUT2D eigenvalue weighted by atomic mass is 10.2. The van der Waals surface area contributed by atoms with Crippen LogP contribution in [0.3, 0.4) is 0 Å². The van der Waals surface area contributed by atoms with E-state index in [1.54, 1.807) is 0 Å². The van der Waals surface area contributed by atoms with Gasteiger partial charge in [-0.1, -0.05) is 6.42 Å². The van der Waals surface area contributed by atoms with Gasteiger partial charge in [0, 0.05) is 31.7 Å². The molecule has 0 aromatic carbocycles. The number of imide groups is 1. The molecule has 0 bridgehead atoms. The van der Waals surface area contributed by atoms with Gasteiger partial charge in [0.25, 0.3) is 11.8 Å². The van der Waals surface area contributed by atoms with Gasteiger partial charge in [-0.05, 0) is 12.8 Å². The largest absolute Gasteiger partial charge is 0.394 e. The molecular weight excluding hydrogens is 484 g/mol. The number of nitrogens with zero attached hydrogens (tertiary/aromatic N) is 1. The molecule has 1 rings (SSSR count). The summed E-state index contributed by atoms with van der Waals surface area (Å²) in [6, 6.07) is 0. The average Bonchev–Trinajstić information content (AvgIpc) is 3.21. The number of hydrogen-bond acceptors (Lipinski definition) is 12. The molecule has 0 radical (unpaired) electrons. The second-order valence-electron chi connectivity index (χ2n) is 7.81. The lowest BCUT2D eigenvalue weighted by Crippen LogP contribution is -2.38. The predicted octanol–water partition coefficient (Wildman–Crippen LogP) is -2.99. The normalized spacial score (nSPS) is 16.1. The van der Waals surface area contributed by atoms with Crippen LogP contribution in [0.15, 0.2) is 12.2 Å². The topological polar surface area (TPSA) is 205 Å². The fourth-order valence-corrected chi connectivity index (χ4v) is 3.05. The van der Waals surface area contributed by atoms with E-state index in [1.807, 2.05) is 0 Å². The van der Waals surface area contributed by atoms with E-state index < -0.39 is 57.8 Å². The monoisotopic (exact) mass is 522 g/mol. The summed E-state index contributed by atoms with van der Waals surface area (Å²) >= 11 is 0. The Morgan fingerprint density at radius 3 is 1.97 bits per heavy atom. The Kier molecular flexibility index (Phi) is 17.0. The number of rotatable bonds is 22. The van der Waals surface area contributed by atoms with Gasteiger partial charge in [-0.2, -0.15) is 0 Å². The van der Waals surface area contributed by atoms with Crippen molar-refractivity contribution in [2.75, 3.05) is 59.3 Å². The molecule has 1 heterocycles. The van der Waals surface area contributed by atoms with Crippen LogP contribution in [0.5, 0.6) is 0 Å². The lowest BCUT2D eigenvalue weighted by molar-refractivity contribution is -0.240. The quantitative estimate of drug-likeness (QED) is 0.0478. The van der Waals surface area contributed by atoms with E-state index >= 15 is 0 Å². The molecule has 36 heavy (non-hydrogen) atoms. The van der Waals surface area contributed by atoms with Crippen LogP contribution >= 0.6 is 0 Å². The Hall–Kier alpha value is -2.01. The number of amides is 3. The fraction of sp³-hybridized carbons (Fsp3) is 0.773. The lowest BCUT2D eigenvalue weighted by Gasteiger charge is -2.25. The van der Waals surface area contributed by atoms with Crippen LogP contribution in [-0.2, 0) is 33.3 Å². The second-order valence-corrected chi connectivity index (χ2v) is 7.81. The molecule has 0 aromatic rings. The van der Waals surface area contributed by atoms with Crippen molar-refractivity contribution in [2.45, 2.75) is 50.5 Å². The van der Waals surface area contributed by atoms with Crippen molar-refractivity contribution in [2.24, 2.45) is 0 Å². The number of nitrogens with one attached hydrogen (secondary N) is 1. The van der Waals surface area contributed by atoms with Gasteiger partial charge < -0.3 is 49.8 Å². The number of aliphatic hydroxyl groups excluding tert-OH is 5. The zero-order chi connectivity index (χ0) is 26.8. The number of carbonyl (C=O) groups excluding carboxylic acids is 3. The zero-order valence-corrected chi connectivity index (χ0v) is 20.2. The molecule has 0 saturated heterocycles. The molecule has 0 aromatic heterocycles. The fourth-order valence-electron chi connectivity index (χ4n) is 3.05. The highest BCUT2D eigenvalue weighted by Crippen LogP contribution is 2.08. The third-order valence-corrected chi connectivity index (χ3v) is 4.98. The molecule has 6 N–H and O–H groups in total. The van der Waals surface area contributed by atoms with Gasteiger partial charge in [0.1, 0.15) is 12.2 Å². The predicted molar refractivity (Wildman–Crippen MR) is 122 cm³/mol. The Bertz CT molecular complexity index is 655. The highest BCUT2D eigenvalue weighted by molar-refractivity contribution is 6.12. The molecule has 3 atom stereocenters. The molecule has 1 aliphatic rings. The summed E-state index contributed by atoms with van der Waals surface area (Å²) in [4.78, 5) is 36.0. The van der Waals surface area contributed by atoms with Crippen LogP contribution in [0.1, 0.15) is 25.7 Å². The summed E-state index contributed by atoms with van der Waals surface area (Å²) in [7, 11) is 0. The molecule has 3 unspecified atom stereocenters. The van der Waals surface area contributed by atoms with Gasteiger partial charge in [-0.3, -0.25) is 19.3 Å². The molecule has 0 fully saturated rings. The molecule has 3 amide bonds. The molecular formula is C22H38N2O12. The van der Waals surface area contributed by atoms with E-state index in [1.165, 1.54) is 12.2 Å². The average molecular weight is 523 g/mol. The van der Waals surface area contributed by atoms with E-state index in [0.29, 0.717) is 25.8 Å². The van der Waals surface area contributed by atoms with Gasteiger partial charge in [0.05, 0.1) is 46.2 Å². The van der Waals surface area contributed by atoms with Gasteiger partial charge >= 0.3 is 0 Å². The van der Waals surface area contributed by atoms with Crippen molar-refractivity contribution >= 4 is 17.7 Å². The van der Waals surface area contributed by atoms with Gasteiger partial charge in [0.15, 0.2) is 12.6 Å². The number of hydrogen-bond donors (Lipinski definition) is 6. The molecule has 14 nitrogen and oxygen atoms in total. The summed E-state index contributed by atoms with van der Waals surface area (Å²) in [5, 5.41) is 48.9. The van der Waals surface area contributed by atoms with E-state index in [9.17, 15) is 29.7 Å². The first-order valence-corrected chi connectivity index (χ1v) is 11.8. The van der Waals surface area contributed by atoms with Crippen LogP contribution in [0.25, 0.3) is 0 Å². The van der Waals surface area contributed by atoms with Gasteiger partial charge in [-0.25, -0.2) is 0 Å². The Morgan fingerprint density at radius 1 is 0.806 bits per heavy atom. The maximum Gasteiger partial charge on any atom is 0.253 e. The molecule has 1 aliphatic heterocycles. The van der Waals surface area contributed by atoms with Crippen molar-refractivity contribution in [1.29, 1.82) is 0 Å². The SMILES string of the molecule is O=C(CCCCCN1C(=O)C=CC1=O)NCCOC(CO)OC(CO)COC(CO)OC(CO)CO. The van der Waals surface area contributed by atoms with Gasteiger partial charge in [0.2, 0.25) is 5.91 Å². The van der Waals surface area contributed by atoms with Crippen LogP contribution in [0, 0.1) is 0 Å². The van der Waals surface area contributed by atoms with Crippen LogP contribution in [0.2, 0.25) is 0 Å². The van der Waals surface area contributed by atoms with Crippen molar-refractivity contribution in [1.82, 2.24) is 10.2 Å². The summed E-state index contributed by atoms with van der Waals surface area (Å²) in [6.45, 7) is -2.27. The van der Waals surface area contributed by atoms with Crippen LogP contribution in [-0.4, -0.2) is 132 Å². The molecule has 208 valence electrons. The van der Waals surface area contributed by atoms with E-state index in [4.69, 9.17) is 29.2 Å². The van der Waals surface area contributed by atoms with Crippen LogP contribution < -0.4 is 5.32 Å². The maximum atomic E-state index is 11.9.